The van der Waals surface area contributed by atoms with Gasteiger partial charge in [-0.05, 0) is 65.1 Å². The monoisotopic (exact) mass is 329 g/mol. The first-order valence-electron chi connectivity index (χ1n) is 6.56. The molecule has 1 aliphatic heterocycles. The molecule has 4 heteroatoms. The smallest absolute Gasteiger partial charge is 0.187 e. The van der Waals surface area contributed by atoms with Crippen LogP contribution < -0.4 is 0 Å². The molecule has 1 aromatic heterocycles. The van der Waals surface area contributed by atoms with Gasteiger partial charge in [-0.2, -0.15) is 0 Å². The van der Waals surface area contributed by atoms with E-state index in [-0.39, 0.29) is 5.78 Å². The van der Waals surface area contributed by atoms with Crippen molar-refractivity contribution in [1.29, 1.82) is 0 Å². The summed E-state index contributed by atoms with van der Waals surface area (Å²) < 4.78 is 0.939. The van der Waals surface area contributed by atoms with Gasteiger partial charge in [0.15, 0.2) is 5.78 Å². The van der Waals surface area contributed by atoms with Crippen molar-refractivity contribution in [3.8, 4) is 0 Å². The molecule has 0 aromatic carbocycles. The van der Waals surface area contributed by atoms with Crippen molar-refractivity contribution < 1.29 is 4.79 Å². The van der Waals surface area contributed by atoms with E-state index in [1.165, 1.54) is 24.2 Å². The Morgan fingerprint density at radius 1 is 1.50 bits per heavy atom. The first kappa shape index (κ1) is 14.2. The van der Waals surface area contributed by atoms with Gasteiger partial charge in [-0.15, -0.1) is 11.3 Å². The van der Waals surface area contributed by atoms with Crippen molar-refractivity contribution >= 4 is 33.0 Å². The van der Waals surface area contributed by atoms with Crippen LogP contribution in [0, 0.1) is 11.8 Å². The fourth-order valence-electron chi connectivity index (χ4n) is 2.55. The van der Waals surface area contributed by atoms with Gasteiger partial charge in [0.05, 0.1) is 11.4 Å². The quantitative estimate of drug-likeness (QED) is 0.776. The van der Waals surface area contributed by atoms with Crippen LogP contribution in [0.5, 0.6) is 0 Å². The van der Waals surface area contributed by atoms with E-state index in [2.05, 4.69) is 34.7 Å². The van der Waals surface area contributed by atoms with Gasteiger partial charge in [-0.1, -0.05) is 13.8 Å². The summed E-state index contributed by atoms with van der Waals surface area (Å²) in [4.78, 5) is 15.3. The maximum Gasteiger partial charge on any atom is 0.187 e. The molecule has 1 aliphatic rings. The molecule has 1 saturated heterocycles. The summed E-state index contributed by atoms with van der Waals surface area (Å²) in [5.74, 6) is 1.86. The molecule has 0 N–H and O–H groups in total. The Kier molecular flexibility index (Phi) is 4.98. The highest BCUT2D eigenvalue weighted by atomic mass is 79.9. The fourth-order valence-corrected chi connectivity index (χ4v) is 4.07. The zero-order valence-corrected chi connectivity index (χ0v) is 13.4. The number of Topliss-reactive ketones (excluding diaryl/α,β-unsaturated/α-hetero) is 1. The summed E-state index contributed by atoms with van der Waals surface area (Å²) >= 11 is 4.96. The van der Waals surface area contributed by atoms with Gasteiger partial charge in [0.25, 0.3) is 0 Å². The first-order valence-corrected chi connectivity index (χ1v) is 8.23. The number of carbonyl (C=O) groups is 1. The molecule has 2 rings (SSSR count). The molecular weight excluding hydrogens is 310 g/mol. The third-order valence-electron chi connectivity index (χ3n) is 3.81. The molecule has 0 unspecified atom stereocenters. The summed E-state index contributed by atoms with van der Waals surface area (Å²) in [6, 6.07) is 1.95. The van der Waals surface area contributed by atoms with E-state index in [1.54, 1.807) is 0 Å². The van der Waals surface area contributed by atoms with Crippen molar-refractivity contribution in [1.82, 2.24) is 4.90 Å². The Labute approximate surface area is 122 Å². The number of hydrogen-bond donors (Lipinski definition) is 0. The highest BCUT2D eigenvalue weighted by Gasteiger charge is 2.23. The van der Waals surface area contributed by atoms with Gasteiger partial charge in [-0.25, -0.2) is 0 Å². The van der Waals surface area contributed by atoms with Crippen LogP contribution >= 0.6 is 27.3 Å². The molecule has 0 radical (unpaired) electrons. The Morgan fingerprint density at radius 3 is 2.67 bits per heavy atom. The van der Waals surface area contributed by atoms with Crippen molar-refractivity contribution in [2.24, 2.45) is 11.8 Å². The summed E-state index contributed by atoms with van der Waals surface area (Å²) in [5, 5.41) is 1.96. The number of hydrogen-bond acceptors (Lipinski definition) is 3. The number of likely N-dealkylation sites (tertiary alicyclic amines) is 1. The maximum atomic E-state index is 12.1. The van der Waals surface area contributed by atoms with Crippen molar-refractivity contribution in [2.75, 3.05) is 19.6 Å². The van der Waals surface area contributed by atoms with E-state index in [0.29, 0.717) is 6.54 Å². The average Bonchev–Trinajstić information content (AvgIpc) is 2.76. The lowest BCUT2D eigenvalue weighted by Gasteiger charge is -2.33. The fraction of sp³-hybridized carbons (Fsp3) is 0.643. The highest BCUT2D eigenvalue weighted by Crippen LogP contribution is 2.26. The van der Waals surface area contributed by atoms with Crippen LogP contribution in [-0.2, 0) is 0 Å². The number of rotatable bonds is 4. The van der Waals surface area contributed by atoms with E-state index in [0.717, 1.165) is 34.3 Å². The summed E-state index contributed by atoms with van der Waals surface area (Å²) in [6.45, 7) is 7.31. The Hall–Kier alpha value is -0.190. The average molecular weight is 330 g/mol. The van der Waals surface area contributed by atoms with Gasteiger partial charge in [0.2, 0.25) is 0 Å². The van der Waals surface area contributed by atoms with E-state index in [9.17, 15) is 4.79 Å². The molecule has 18 heavy (non-hydrogen) atoms. The Morgan fingerprint density at radius 2 is 2.17 bits per heavy atom. The molecule has 100 valence electrons. The minimum atomic E-state index is 0.250. The predicted octanol–water partition coefficient (Wildman–Crippen LogP) is 4.06. The van der Waals surface area contributed by atoms with E-state index >= 15 is 0 Å². The Bertz CT molecular complexity index is 408. The minimum Gasteiger partial charge on any atom is -0.296 e. The molecular formula is C14H20BrNOS. The van der Waals surface area contributed by atoms with Crippen LogP contribution in [0.1, 0.15) is 36.4 Å². The zero-order valence-electron chi connectivity index (χ0n) is 11.0. The number of carbonyl (C=O) groups excluding carboxylic acids is 1. The summed E-state index contributed by atoms with van der Waals surface area (Å²) in [6.07, 6.45) is 2.47. The topological polar surface area (TPSA) is 20.3 Å². The normalized spacial score (nSPS) is 18.4. The van der Waals surface area contributed by atoms with Gasteiger partial charge in [-0.3, -0.25) is 9.69 Å². The zero-order chi connectivity index (χ0) is 13.1. The lowest BCUT2D eigenvalue weighted by Crippen LogP contribution is -2.38. The van der Waals surface area contributed by atoms with Crippen LogP contribution in [0.3, 0.4) is 0 Å². The van der Waals surface area contributed by atoms with E-state index < -0.39 is 0 Å². The standard InChI is InChI=1S/C14H20BrNOS/c1-10(2)11-3-6-16(7-4-11)9-13(17)14-12(15)5-8-18-14/h5,8,10-11H,3-4,6-7,9H2,1-2H3. The first-order chi connectivity index (χ1) is 8.58. The molecule has 0 amide bonds. The van der Waals surface area contributed by atoms with Gasteiger partial charge in [0.1, 0.15) is 0 Å². The van der Waals surface area contributed by atoms with E-state index in [1.807, 2.05) is 11.4 Å². The number of ketones is 1. The molecule has 2 nitrogen and oxygen atoms in total. The second-order valence-corrected chi connectivity index (χ2v) is 7.15. The third kappa shape index (κ3) is 3.43. The molecule has 0 spiro atoms. The third-order valence-corrected chi connectivity index (χ3v) is 5.69. The largest absolute Gasteiger partial charge is 0.296 e. The predicted molar refractivity (Wildman–Crippen MR) is 80.4 cm³/mol. The summed E-state index contributed by atoms with van der Waals surface area (Å²) in [7, 11) is 0. The number of thiophene rings is 1. The van der Waals surface area contributed by atoms with Crippen LogP contribution in [-0.4, -0.2) is 30.3 Å². The highest BCUT2D eigenvalue weighted by molar-refractivity contribution is 9.10. The van der Waals surface area contributed by atoms with Crippen molar-refractivity contribution in [2.45, 2.75) is 26.7 Å². The number of piperidine rings is 1. The van der Waals surface area contributed by atoms with Gasteiger partial charge < -0.3 is 0 Å². The van der Waals surface area contributed by atoms with Gasteiger partial charge in [0, 0.05) is 4.47 Å². The lowest BCUT2D eigenvalue weighted by atomic mass is 9.87. The molecule has 0 saturated carbocycles. The number of halogens is 1. The lowest BCUT2D eigenvalue weighted by molar-refractivity contribution is 0.0883. The Balaban J connectivity index is 1.85. The molecule has 0 aliphatic carbocycles. The minimum absolute atomic E-state index is 0.250. The number of nitrogens with zero attached hydrogens (tertiary/aromatic N) is 1. The summed E-state index contributed by atoms with van der Waals surface area (Å²) in [5.41, 5.74) is 0. The van der Waals surface area contributed by atoms with Crippen molar-refractivity contribution in [3.05, 3.63) is 20.8 Å². The SMILES string of the molecule is CC(C)C1CCN(CC(=O)c2sccc2Br)CC1. The molecule has 2 heterocycles. The molecule has 0 bridgehead atoms. The van der Waals surface area contributed by atoms with Crippen LogP contribution in [0.25, 0.3) is 0 Å². The van der Waals surface area contributed by atoms with Crippen LogP contribution in [0.4, 0.5) is 0 Å². The molecule has 0 atom stereocenters. The second kappa shape index (κ2) is 6.31. The van der Waals surface area contributed by atoms with Crippen LogP contribution in [0.15, 0.2) is 15.9 Å². The second-order valence-electron chi connectivity index (χ2n) is 5.38. The van der Waals surface area contributed by atoms with Crippen LogP contribution in [0.2, 0.25) is 0 Å². The molecule has 1 aromatic rings. The van der Waals surface area contributed by atoms with Gasteiger partial charge >= 0.3 is 0 Å². The molecule has 1 fully saturated rings. The van der Waals surface area contributed by atoms with E-state index in [4.69, 9.17) is 0 Å². The maximum absolute atomic E-state index is 12.1. The van der Waals surface area contributed by atoms with Crippen molar-refractivity contribution in [3.63, 3.8) is 0 Å².